The van der Waals surface area contributed by atoms with Gasteiger partial charge in [0.1, 0.15) is 5.60 Å². The first kappa shape index (κ1) is 20.4. The minimum atomic E-state index is -1.19. The molecule has 3 unspecified atom stereocenters. The van der Waals surface area contributed by atoms with E-state index in [9.17, 15) is 14.4 Å². The smallest absolute Gasteiger partial charge is 0.337 e. The van der Waals surface area contributed by atoms with Gasteiger partial charge in [0, 0.05) is 5.56 Å². The van der Waals surface area contributed by atoms with Gasteiger partial charge in [-0.2, -0.15) is 0 Å². The zero-order chi connectivity index (χ0) is 21.6. The van der Waals surface area contributed by atoms with Crippen LogP contribution in [-0.4, -0.2) is 57.9 Å². The number of ketones is 1. The molecular weight excluding hydrogens is 392 g/mol. The molecule has 2 bridgehead atoms. The van der Waals surface area contributed by atoms with Crippen molar-refractivity contribution >= 4 is 17.7 Å². The molecule has 0 saturated carbocycles. The van der Waals surface area contributed by atoms with Crippen LogP contribution in [0.25, 0.3) is 0 Å². The quantitative estimate of drug-likeness (QED) is 0.673. The van der Waals surface area contributed by atoms with Gasteiger partial charge in [0.25, 0.3) is 0 Å². The van der Waals surface area contributed by atoms with E-state index in [1.54, 1.807) is 13.2 Å². The molecule has 3 atom stereocenters. The molecule has 160 valence electrons. The Balaban J connectivity index is 1.81. The molecule has 0 N–H and O–H groups in total. The average Bonchev–Trinajstić information content (AvgIpc) is 3.34. The van der Waals surface area contributed by atoms with Crippen molar-refractivity contribution in [2.75, 3.05) is 28.4 Å². The van der Waals surface area contributed by atoms with Gasteiger partial charge in [0.05, 0.1) is 51.6 Å². The number of carbonyl (C=O) groups excluding carboxylic acids is 3. The Morgan fingerprint density at radius 2 is 1.67 bits per heavy atom. The third-order valence-corrected chi connectivity index (χ3v) is 6.40. The van der Waals surface area contributed by atoms with Crippen LogP contribution in [0.3, 0.4) is 0 Å². The number of Topliss-reactive ketones (excluding diaryl/α,β-unsaturated/α-hetero) is 1. The second-order valence-corrected chi connectivity index (χ2v) is 7.63. The summed E-state index contributed by atoms with van der Waals surface area (Å²) in [6.45, 7) is 0. The van der Waals surface area contributed by atoms with Gasteiger partial charge < -0.3 is 23.7 Å². The molecule has 3 aliphatic rings. The number of aryl methyl sites for hydroxylation is 1. The number of hydrogen-bond acceptors (Lipinski definition) is 8. The molecule has 30 heavy (non-hydrogen) atoms. The zero-order valence-electron chi connectivity index (χ0n) is 17.4. The summed E-state index contributed by atoms with van der Waals surface area (Å²) in [5.41, 5.74) is 0.469. The van der Waals surface area contributed by atoms with Gasteiger partial charge in [0.2, 0.25) is 0 Å². The topological polar surface area (TPSA) is 97.4 Å². The van der Waals surface area contributed by atoms with Crippen molar-refractivity contribution in [1.82, 2.24) is 0 Å². The van der Waals surface area contributed by atoms with Crippen LogP contribution in [0.15, 0.2) is 23.3 Å². The normalized spacial score (nSPS) is 27.0. The van der Waals surface area contributed by atoms with Crippen molar-refractivity contribution < 1.29 is 38.1 Å². The lowest BCUT2D eigenvalue weighted by Crippen LogP contribution is -2.47. The molecule has 1 aromatic rings. The van der Waals surface area contributed by atoms with E-state index in [-0.39, 0.29) is 16.9 Å². The summed E-state index contributed by atoms with van der Waals surface area (Å²) >= 11 is 0. The maximum Gasteiger partial charge on any atom is 0.337 e. The number of hydrogen-bond donors (Lipinski definition) is 0. The fourth-order valence-corrected chi connectivity index (χ4v) is 5.07. The standard InChI is InChI=1S/C22H24O8/c1-26-15-9-11-5-6-13(19(23)12(11)10-16(15)27-2)22-8-7-14(30-22)17(20(24)28-3)18(22)21(25)29-4/h9-10,13-14H,5-8H2,1-4H3. The largest absolute Gasteiger partial charge is 0.493 e. The second kappa shape index (κ2) is 7.43. The lowest BCUT2D eigenvalue weighted by Gasteiger charge is -2.37. The van der Waals surface area contributed by atoms with Crippen molar-refractivity contribution in [3.63, 3.8) is 0 Å². The number of benzene rings is 1. The van der Waals surface area contributed by atoms with Gasteiger partial charge >= 0.3 is 11.9 Å². The lowest BCUT2D eigenvalue weighted by atomic mass is 9.67. The highest BCUT2D eigenvalue weighted by Crippen LogP contribution is 2.55. The molecule has 1 aromatic carbocycles. The molecule has 1 saturated heterocycles. The maximum atomic E-state index is 13.6. The van der Waals surface area contributed by atoms with Crippen molar-refractivity contribution in [1.29, 1.82) is 0 Å². The highest BCUT2D eigenvalue weighted by Gasteiger charge is 2.62. The van der Waals surface area contributed by atoms with E-state index < -0.39 is 29.6 Å². The molecule has 4 rings (SSSR count). The van der Waals surface area contributed by atoms with E-state index in [1.807, 2.05) is 6.07 Å². The molecule has 2 aliphatic heterocycles. The van der Waals surface area contributed by atoms with Gasteiger partial charge in [-0.3, -0.25) is 4.79 Å². The maximum absolute atomic E-state index is 13.6. The monoisotopic (exact) mass is 416 g/mol. The number of fused-ring (bicyclic) bond motifs is 3. The summed E-state index contributed by atoms with van der Waals surface area (Å²) in [6.07, 6.45) is 1.49. The van der Waals surface area contributed by atoms with Crippen LogP contribution in [0.2, 0.25) is 0 Å². The Bertz CT molecular complexity index is 962. The molecule has 8 nitrogen and oxygen atoms in total. The minimum Gasteiger partial charge on any atom is -0.493 e. The van der Waals surface area contributed by atoms with Crippen molar-refractivity contribution in [2.24, 2.45) is 5.92 Å². The summed E-state index contributed by atoms with van der Waals surface area (Å²) in [7, 11) is 5.56. The van der Waals surface area contributed by atoms with Crippen LogP contribution < -0.4 is 9.47 Å². The van der Waals surface area contributed by atoms with Crippen LogP contribution in [0.5, 0.6) is 11.5 Å². The third-order valence-electron chi connectivity index (χ3n) is 6.40. The molecule has 0 amide bonds. The van der Waals surface area contributed by atoms with Gasteiger partial charge in [0.15, 0.2) is 17.3 Å². The van der Waals surface area contributed by atoms with Crippen LogP contribution >= 0.6 is 0 Å². The Morgan fingerprint density at radius 1 is 1.00 bits per heavy atom. The van der Waals surface area contributed by atoms with E-state index in [1.165, 1.54) is 21.3 Å². The second-order valence-electron chi connectivity index (χ2n) is 7.63. The number of ether oxygens (including phenoxy) is 5. The zero-order valence-corrected chi connectivity index (χ0v) is 17.4. The summed E-state index contributed by atoms with van der Waals surface area (Å²) in [4.78, 5) is 38.7. The minimum absolute atomic E-state index is 0.121. The molecule has 2 heterocycles. The SMILES string of the molecule is COC(=O)C1=C(C(=O)OC)C2(C3CCc4cc(OC)c(OC)cc4C3=O)CCC1O2. The van der Waals surface area contributed by atoms with Crippen LogP contribution in [0.4, 0.5) is 0 Å². The predicted octanol–water partition coefficient (Wildman–Crippen LogP) is 2.02. The highest BCUT2D eigenvalue weighted by atomic mass is 16.6. The molecule has 8 heteroatoms. The summed E-state index contributed by atoms with van der Waals surface area (Å²) in [5.74, 6) is -1.05. The number of methoxy groups -OCH3 is 4. The van der Waals surface area contributed by atoms with Crippen molar-refractivity contribution in [2.45, 2.75) is 37.4 Å². The van der Waals surface area contributed by atoms with Crippen molar-refractivity contribution in [3.05, 3.63) is 34.4 Å². The number of esters is 2. The first-order chi connectivity index (χ1) is 14.4. The van der Waals surface area contributed by atoms with Crippen LogP contribution in [0, 0.1) is 5.92 Å². The predicted molar refractivity (Wildman–Crippen MR) is 104 cm³/mol. The van der Waals surface area contributed by atoms with Gasteiger partial charge in [-0.15, -0.1) is 0 Å². The van der Waals surface area contributed by atoms with Crippen molar-refractivity contribution in [3.8, 4) is 11.5 Å². The Morgan fingerprint density at radius 3 is 2.30 bits per heavy atom. The molecule has 1 fully saturated rings. The van der Waals surface area contributed by atoms with E-state index in [2.05, 4.69) is 0 Å². The number of carbonyl (C=O) groups is 3. The third kappa shape index (κ3) is 2.74. The molecular formula is C22H24O8. The Labute approximate surface area is 174 Å². The molecule has 0 aromatic heterocycles. The number of rotatable bonds is 5. The fourth-order valence-electron chi connectivity index (χ4n) is 5.07. The molecule has 0 spiro atoms. The lowest BCUT2D eigenvalue weighted by molar-refractivity contribution is -0.140. The summed E-state index contributed by atoms with van der Waals surface area (Å²) in [6, 6.07) is 3.48. The van der Waals surface area contributed by atoms with Crippen LogP contribution in [0.1, 0.15) is 35.2 Å². The van der Waals surface area contributed by atoms with E-state index in [0.29, 0.717) is 42.7 Å². The molecule has 1 aliphatic carbocycles. The summed E-state index contributed by atoms with van der Waals surface area (Å²) < 4.78 is 26.8. The van der Waals surface area contributed by atoms with Crippen LogP contribution in [-0.2, 0) is 30.2 Å². The van der Waals surface area contributed by atoms with E-state index in [4.69, 9.17) is 23.7 Å². The molecule has 0 radical (unpaired) electrons. The first-order valence-corrected chi connectivity index (χ1v) is 9.80. The Hall–Kier alpha value is -2.87. The summed E-state index contributed by atoms with van der Waals surface area (Å²) in [5, 5.41) is 0. The van der Waals surface area contributed by atoms with Gasteiger partial charge in [-0.05, 0) is 43.4 Å². The van der Waals surface area contributed by atoms with E-state index in [0.717, 1.165) is 5.56 Å². The first-order valence-electron chi connectivity index (χ1n) is 9.80. The van der Waals surface area contributed by atoms with Gasteiger partial charge in [-0.1, -0.05) is 0 Å². The Kier molecular flexibility index (Phi) is 5.05. The van der Waals surface area contributed by atoms with E-state index >= 15 is 0 Å². The highest BCUT2D eigenvalue weighted by molar-refractivity contribution is 6.07. The average molecular weight is 416 g/mol. The van der Waals surface area contributed by atoms with Gasteiger partial charge in [-0.25, -0.2) is 9.59 Å². The fraction of sp³-hybridized carbons (Fsp3) is 0.500.